The van der Waals surface area contributed by atoms with Crippen LogP contribution in [0, 0.1) is 5.92 Å². The van der Waals surface area contributed by atoms with Gasteiger partial charge in [0.1, 0.15) is 0 Å². The van der Waals surface area contributed by atoms with Crippen molar-refractivity contribution in [3.05, 3.63) is 20.8 Å². The minimum atomic E-state index is -0.339. The molecule has 0 radical (unpaired) electrons. The van der Waals surface area contributed by atoms with E-state index < -0.39 is 0 Å². The summed E-state index contributed by atoms with van der Waals surface area (Å²) in [5.41, 5.74) is 3.86. The van der Waals surface area contributed by atoms with E-state index in [4.69, 9.17) is 0 Å². The lowest BCUT2D eigenvalue weighted by atomic mass is 10.2. The van der Waals surface area contributed by atoms with E-state index in [1.54, 1.807) is 11.6 Å². The maximum Gasteiger partial charge on any atom is 0.332 e. The molecule has 3 heterocycles. The Morgan fingerprint density at radius 2 is 2.05 bits per heavy atom. The van der Waals surface area contributed by atoms with Crippen molar-refractivity contribution in [2.24, 2.45) is 18.1 Å². The molecule has 0 atom stereocenters. The first-order valence-electron chi connectivity index (χ1n) is 6.89. The molecule has 3 rings (SSSR count). The molecule has 0 saturated carbocycles. The molecule has 21 heavy (non-hydrogen) atoms. The van der Waals surface area contributed by atoms with E-state index >= 15 is 0 Å². The average Bonchev–Trinajstić information content (AvgIpc) is 2.79. The predicted molar refractivity (Wildman–Crippen MR) is 80.8 cm³/mol. The van der Waals surface area contributed by atoms with Gasteiger partial charge >= 0.3 is 5.69 Å². The van der Waals surface area contributed by atoms with Crippen LogP contribution in [0.25, 0.3) is 11.2 Å². The molecule has 0 aliphatic carbocycles. The second-order valence-corrected chi connectivity index (χ2v) is 5.80. The molecule has 0 unspecified atom stereocenters. The zero-order valence-electron chi connectivity index (χ0n) is 12.5. The highest BCUT2D eigenvalue weighted by atomic mass is 16.2. The summed E-state index contributed by atoms with van der Waals surface area (Å²) >= 11 is 0. The minimum absolute atomic E-state index is 0.207. The van der Waals surface area contributed by atoms with Gasteiger partial charge in [0, 0.05) is 13.6 Å². The van der Waals surface area contributed by atoms with E-state index in [1.807, 2.05) is 20.8 Å². The van der Waals surface area contributed by atoms with Crippen LogP contribution in [0.15, 0.2) is 14.7 Å². The van der Waals surface area contributed by atoms with Gasteiger partial charge in [-0.05, 0) is 12.8 Å². The molecule has 0 saturated heterocycles. The van der Waals surface area contributed by atoms with Gasteiger partial charge in [-0.3, -0.25) is 18.5 Å². The fourth-order valence-electron chi connectivity index (χ4n) is 2.55. The molecule has 2 aromatic rings. The number of fused-ring (bicyclic) bond motifs is 3. The molecular weight excluding hydrogens is 272 g/mol. The summed E-state index contributed by atoms with van der Waals surface area (Å²) in [6.45, 7) is 6.70. The summed E-state index contributed by atoms with van der Waals surface area (Å²) in [6, 6.07) is 0. The maximum atomic E-state index is 12.7. The minimum Gasteiger partial charge on any atom is -0.297 e. The molecule has 0 fully saturated rings. The summed E-state index contributed by atoms with van der Waals surface area (Å²) < 4.78 is 4.47. The maximum absolute atomic E-state index is 12.7. The Morgan fingerprint density at radius 1 is 1.33 bits per heavy atom. The van der Waals surface area contributed by atoms with Crippen molar-refractivity contribution < 1.29 is 0 Å². The van der Waals surface area contributed by atoms with E-state index in [2.05, 4.69) is 15.5 Å². The zero-order valence-corrected chi connectivity index (χ0v) is 12.5. The monoisotopic (exact) mass is 290 g/mol. The van der Waals surface area contributed by atoms with E-state index in [9.17, 15) is 9.59 Å². The largest absolute Gasteiger partial charge is 0.332 e. The topological polar surface area (TPSA) is 86.2 Å². The van der Waals surface area contributed by atoms with E-state index in [1.165, 1.54) is 9.13 Å². The molecule has 1 N–H and O–H groups in total. The molecule has 0 spiro atoms. The van der Waals surface area contributed by atoms with E-state index in [0.29, 0.717) is 30.2 Å². The van der Waals surface area contributed by atoms with Gasteiger partial charge in [0.05, 0.1) is 12.3 Å². The molecule has 0 bridgehead atoms. The SMILES string of the molecule is CC1=NNc2nc3c(c(=O)n(CC(C)C)c(=O)n3C)n2C1. The fraction of sp³-hybridized carbons (Fsp3) is 0.538. The van der Waals surface area contributed by atoms with Crippen molar-refractivity contribution in [1.29, 1.82) is 0 Å². The Hall–Kier alpha value is -2.38. The Morgan fingerprint density at radius 3 is 2.71 bits per heavy atom. The van der Waals surface area contributed by atoms with Crippen molar-refractivity contribution in [2.75, 3.05) is 5.43 Å². The van der Waals surface area contributed by atoms with Gasteiger partial charge < -0.3 is 0 Å². The quantitative estimate of drug-likeness (QED) is 0.865. The lowest BCUT2D eigenvalue weighted by molar-refractivity contribution is 0.484. The number of rotatable bonds is 2. The summed E-state index contributed by atoms with van der Waals surface area (Å²) in [4.78, 5) is 29.4. The normalized spacial score (nSPS) is 14.2. The average molecular weight is 290 g/mol. The molecule has 8 heteroatoms. The van der Waals surface area contributed by atoms with Crippen LogP contribution < -0.4 is 16.7 Å². The number of nitrogens with one attached hydrogen (secondary N) is 1. The van der Waals surface area contributed by atoms with Crippen LogP contribution in [0.2, 0.25) is 0 Å². The van der Waals surface area contributed by atoms with Crippen LogP contribution in [0.1, 0.15) is 20.8 Å². The van der Waals surface area contributed by atoms with Crippen LogP contribution in [0.3, 0.4) is 0 Å². The predicted octanol–water partition coefficient (Wildman–Crippen LogP) is 0.354. The number of hydrogen-bond donors (Lipinski definition) is 1. The molecule has 112 valence electrons. The number of imidazole rings is 1. The van der Waals surface area contributed by atoms with Gasteiger partial charge in [-0.1, -0.05) is 13.8 Å². The van der Waals surface area contributed by atoms with Crippen molar-refractivity contribution in [1.82, 2.24) is 18.7 Å². The first-order valence-corrected chi connectivity index (χ1v) is 6.89. The summed E-state index contributed by atoms with van der Waals surface area (Å²) in [5.74, 6) is 0.697. The van der Waals surface area contributed by atoms with Crippen LogP contribution in [0.4, 0.5) is 5.95 Å². The highest BCUT2D eigenvalue weighted by Gasteiger charge is 2.22. The molecule has 8 nitrogen and oxygen atoms in total. The molecular formula is C13H18N6O2. The summed E-state index contributed by atoms with van der Waals surface area (Å²) in [7, 11) is 1.63. The van der Waals surface area contributed by atoms with Gasteiger partial charge in [-0.2, -0.15) is 10.1 Å². The molecule has 2 aromatic heterocycles. The number of aromatic nitrogens is 4. The van der Waals surface area contributed by atoms with Gasteiger partial charge in [0.15, 0.2) is 11.2 Å². The smallest absolute Gasteiger partial charge is 0.297 e. The van der Waals surface area contributed by atoms with Crippen molar-refractivity contribution in [3.8, 4) is 0 Å². The third-order valence-electron chi connectivity index (χ3n) is 3.51. The number of hydrogen-bond acceptors (Lipinski definition) is 5. The van der Waals surface area contributed by atoms with Crippen molar-refractivity contribution in [3.63, 3.8) is 0 Å². The molecule has 0 amide bonds. The van der Waals surface area contributed by atoms with Crippen molar-refractivity contribution >= 4 is 22.8 Å². The number of hydrazone groups is 1. The Kier molecular flexibility index (Phi) is 2.96. The van der Waals surface area contributed by atoms with Crippen LogP contribution in [-0.4, -0.2) is 24.4 Å². The number of aryl methyl sites for hydroxylation is 1. The standard InChI is InChI=1S/C13H18N6O2/c1-7(2)5-19-11(20)9-10(17(4)13(19)21)14-12-16-15-8(3)6-18(9)12/h7H,5-6H2,1-4H3,(H,14,16). The van der Waals surface area contributed by atoms with Crippen LogP contribution in [0.5, 0.6) is 0 Å². The van der Waals surface area contributed by atoms with Crippen LogP contribution in [-0.2, 0) is 20.1 Å². The Labute approximate surface area is 120 Å². The summed E-state index contributed by atoms with van der Waals surface area (Å²) in [6.07, 6.45) is 0. The first-order chi connectivity index (χ1) is 9.90. The molecule has 0 aromatic carbocycles. The third-order valence-corrected chi connectivity index (χ3v) is 3.51. The number of anilines is 1. The fourth-order valence-corrected chi connectivity index (χ4v) is 2.55. The van der Waals surface area contributed by atoms with Gasteiger partial charge in [0.2, 0.25) is 5.95 Å². The summed E-state index contributed by atoms with van der Waals surface area (Å²) in [5, 5.41) is 4.11. The second-order valence-electron chi connectivity index (χ2n) is 5.80. The highest BCUT2D eigenvalue weighted by molar-refractivity contribution is 5.87. The lowest BCUT2D eigenvalue weighted by Crippen LogP contribution is -2.40. The van der Waals surface area contributed by atoms with Gasteiger partial charge in [0.25, 0.3) is 5.56 Å². The van der Waals surface area contributed by atoms with Gasteiger partial charge in [-0.25, -0.2) is 10.2 Å². The second kappa shape index (κ2) is 4.57. The zero-order chi connectivity index (χ0) is 15.3. The number of nitrogens with zero attached hydrogens (tertiary/aromatic N) is 5. The van der Waals surface area contributed by atoms with Crippen LogP contribution >= 0.6 is 0 Å². The Bertz CT molecular complexity index is 867. The first kappa shape index (κ1) is 13.6. The lowest BCUT2D eigenvalue weighted by Gasteiger charge is -2.14. The third kappa shape index (κ3) is 1.98. The van der Waals surface area contributed by atoms with Gasteiger partial charge in [-0.15, -0.1) is 0 Å². The van der Waals surface area contributed by atoms with E-state index in [0.717, 1.165) is 5.71 Å². The molecule has 1 aliphatic heterocycles. The van der Waals surface area contributed by atoms with Crippen molar-refractivity contribution in [2.45, 2.75) is 33.9 Å². The Balaban J connectivity index is 2.37. The highest BCUT2D eigenvalue weighted by Crippen LogP contribution is 2.18. The van der Waals surface area contributed by atoms with E-state index in [-0.39, 0.29) is 17.2 Å². The molecule has 1 aliphatic rings.